The van der Waals surface area contributed by atoms with Crippen LogP contribution in [0, 0.1) is 11.3 Å². The molecular weight excluding hydrogens is 308 g/mol. The number of nitriles is 1. The van der Waals surface area contributed by atoms with Gasteiger partial charge in [-0.25, -0.2) is 14.2 Å². The van der Waals surface area contributed by atoms with Crippen molar-refractivity contribution in [1.82, 2.24) is 24.8 Å². The molecule has 2 aromatic heterocycles. The van der Waals surface area contributed by atoms with Gasteiger partial charge in [0.15, 0.2) is 5.69 Å². The van der Waals surface area contributed by atoms with Crippen molar-refractivity contribution in [3.8, 4) is 17.4 Å². The fourth-order valence-electron chi connectivity index (χ4n) is 2.56. The molecule has 0 aliphatic heterocycles. The van der Waals surface area contributed by atoms with E-state index < -0.39 is 5.97 Å². The normalized spacial score (nSPS) is 13.6. The topological polar surface area (TPSA) is 110 Å². The van der Waals surface area contributed by atoms with Crippen molar-refractivity contribution >= 4 is 5.97 Å². The minimum atomic E-state index is -1.14. The van der Waals surface area contributed by atoms with E-state index in [1.807, 2.05) is 18.2 Å². The lowest BCUT2D eigenvalue weighted by Gasteiger charge is -2.06. The minimum Gasteiger partial charge on any atom is -0.476 e. The molecule has 1 aliphatic rings. The molecule has 0 atom stereocenters. The third-order valence-corrected chi connectivity index (χ3v) is 3.98. The molecule has 0 radical (unpaired) electrons. The molecule has 0 spiro atoms. The van der Waals surface area contributed by atoms with E-state index in [0.717, 1.165) is 0 Å². The van der Waals surface area contributed by atoms with E-state index in [-0.39, 0.29) is 5.69 Å². The van der Waals surface area contributed by atoms with Gasteiger partial charge in [0.2, 0.25) is 0 Å². The molecule has 24 heavy (non-hydrogen) atoms. The molecule has 1 N–H and O–H groups in total. The van der Waals surface area contributed by atoms with Crippen LogP contribution in [0.4, 0.5) is 0 Å². The number of carbonyl (C=O) groups is 1. The van der Waals surface area contributed by atoms with E-state index >= 15 is 0 Å². The summed E-state index contributed by atoms with van der Waals surface area (Å²) in [6.45, 7) is 0. The first-order valence-electron chi connectivity index (χ1n) is 7.41. The number of rotatable bonds is 4. The zero-order chi connectivity index (χ0) is 16.7. The molecule has 0 amide bonds. The van der Waals surface area contributed by atoms with Crippen molar-refractivity contribution < 1.29 is 9.90 Å². The summed E-state index contributed by atoms with van der Waals surface area (Å²) in [4.78, 5) is 10.9. The highest BCUT2D eigenvalue weighted by Crippen LogP contribution is 2.40. The van der Waals surface area contributed by atoms with E-state index in [0.29, 0.717) is 22.9 Å². The molecule has 0 bridgehead atoms. The molecule has 1 saturated carbocycles. The first kappa shape index (κ1) is 14.1. The molecule has 8 heteroatoms. The molecule has 118 valence electrons. The number of aromatic nitrogens is 5. The van der Waals surface area contributed by atoms with Gasteiger partial charge in [-0.05, 0) is 36.5 Å². The number of carboxylic acids is 1. The molecule has 1 aromatic carbocycles. The molecule has 8 nitrogen and oxygen atoms in total. The Morgan fingerprint density at radius 1 is 1.29 bits per heavy atom. The van der Waals surface area contributed by atoms with Crippen LogP contribution in [-0.2, 0) is 0 Å². The monoisotopic (exact) mass is 320 g/mol. The van der Waals surface area contributed by atoms with Gasteiger partial charge in [-0.15, -0.1) is 5.10 Å². The van der Waals surface area contributed by atoms with Crippen LogP contribution in [0.5, 0.6) is 0 Å². The van der Waals surface area contributed by atoms with Crippen LogP contribution in [0.15, 0.2) is 36.8 Å². The summed E-state index contributed by atoms with van der Waals surface area (Å²) in [7, 11) is 0. The zero-order valence-electron chi connectivity index (χ0n) is 12.5. The smallest absolute Gasteiger partial charge is 0.358 e. The first-order chi connectivity index (χ1) is 11.7. The fraction of sp³-hybridized carbons (Fsp3) is 0.188. The number of benzene rings is 1. The second-order valence-electron chi connectivity index (χ2n) is 5.66. The molecule has 3 aromatic rings. The molecule has 0 unspecified atom stereocenters. The van der Waals surface area contributed by atoms with Crippen molar-refractivity contribution in [2.45, 2.75) is 18.8 Å². The van der Waals surface area contributed by atoms with Gasteiger partial charge < -0.3 is 5.11 Å². The Morgan fingerprint density at radius 2 is 2.12 bits per heavy atom. The van der Waals surface area contributed by atoms with Crippen LogP contribution in [0.2, 0.25) is 0 Å². The highest BCUT2D eigenvalue weighted by atomic mass is 16.4. The lowest BCUT2D eigenvalue weighted by Crippen LogP contribution is -1.99. The number of carboxylic acid groups (broad SMARTS) is 1. The van der Waals surface area contributed by atoms with Gasteiger partial charge in [-0.1, -0.05) is 11.3 Å². The summed E-state index contributed by atoms with van der Waals surface area (Å²) in [6, 6.07) is 8.02. The maximum absolute atomic E-state index is 10.9. The lowest BCUT2D eigenvalue weighted by molar-refractivity contribution is 0.0690. The summed E-state index contributed by atoms with van der Waals surface area (Å²) < 4.78 is 2.91. The van der Waals surface area contributed by atoms with Crippen molar-refractivity contribution in [2.24, 2.45) is 0 Å². The third-order valence-electron chi connectivity index (χ3n) is 3.98. The predicted octanol–water partition coefficient (Wildman–Crippen LogP) is 1.90. The SMILES string of the molecule is N#Cc1cc(C2CC2)ccc1-n1cc(-n2cc(C(=O)O)nn2)cn1. The Balaban J connectivity index is 1.69. The van der Waals surface area contributed by atoms with E-state index in [1.54, 1.807) is 10.9 Å². The molecular formula is C16H12N6O2. The van der Waals surface area contributed by atoms with Gasteiger partial charge in [-0.3, -0.25) is 0 Å². The van der Waals surface area contributed by atoms with Gasteiger partial charge in [0.25, 0.3) is 0 Å². The van der Waals surface area contributed by atoms with Crippen LogP contribution >= 0.6 is 0 Å². The lowest BCUT2D eigenvalue weighted by atomic mass is 10.1. The van der Waals surface area contributed by atoms with Crippen molar-refractivity contribution in [3.63, 3.8) is 0 Å². The van der Waals surface area contributed by atoms with Gasteiger partial charge in [-0.2, -0.15) is 10.4 Å². The van der Waals surface area contributed by atoms with Gasteiger partial charge in [0.1, 0.15) is 11.8 Å². The van der Waals surface area contributed by atoms with E-state index in [9.17, 15) is 10.1 Å². The highest BCUT2D eigenvalue weighted by molar-refractivity contribution is 5.84. The molecule has 0 saturated heterocycles. The van der Waals surface area contributed by atoms with Gasteiger partial charge in [0, 0.05) is 0 Å². The minimum absolute atomic E-state index is 0.144. The first-order valence-corrected chi connectivity index (χ1v) is 7.41. The summed E-state index contributed by atoms with van der Waals surface area (Å²) in [5.41, 5.74) is 2.83. The summed E-state index contributed by atoms with van der Waals surface area (Å²) in [5.74, 6) is -0.569. The Labute approximate surface area is 136 Å². The van der Waals surface area contributed by atoms with Crippen molar-refractivity contribution in [3.05, 3.63) is 53.6 Å². The van der Waals surface area contributed by atoms with Crippen molar-refractivity contribution in [1.29, 1.82) is 5.26 Å². The summed E-state index contributed by atoms with van der Waals surface area (Å²) in [5, 5.41) is 29.9. The van der Waals surface area contributed by atoms with Crippen LogP contribution < -0.4 is 0 Å². The highest BCUT2D eigenvalue weighted by Gasteiger charge is 2.24. The molecule has 2 heterocycles. The Kier molecular flexibility index (Phi) is 3.13. The van der Waals surface area contributed by atoms with Crippen LogP contribution in [0.1, 0.15) is 40.4 Å². The fourth-order valence-corrected chi connectivity index (χ4v) is 2.56. The standard InChI is InChI=1S/C16H12N6O2/c17-6-12-5-11(10-1-2-10)3-4-15(12)22-8-13(7-18-22)21-9-14(16(23)24)19-20-21/h3-5,7-10H,1-2H2,(H,23,24). The average Bonchev–Trinajstić information content (AvgIpc) is 3.12. The number of nitrogens with zero attached hydrogens (tertiary/aromatic N) is 6. The Morgan fingerprint density at radius 3 is 2.79 bits per heavy atom. The van der Waals surface area contributed by atoms with Crippen LogP contribution in [0.25, 0.3) is 11.4 Å². The number of hydrogen-bond donors (Lipinski definition) is 1. The van der Waals surface area contributed by atoms with E-state index in [2.05, 4.69) is 21.5 Å². The van der Waals surface area contributed by atoms with E-state index in [1.165, 1.54) is 35.5 Å². The van der Waals surface area contributed by atoms with Gasteiger partial charge >= 0.3 is 5.97 Å². The molecule has 1 fully saturated rings. The predicted molar refractivity (Wildman–Crippen MR) is 82.1 cm³/mol. The third kappa shape index (κ3) is 2.42. The molecule has 4 rings (SSSR count). The zero-order valence-corrected chi connectivity index (χ0v) is 12.5. The number of hydrogen-bond acceptors (Lipinski definition) is 5. The van der Waals surface area contributed by atoms with Gasteiger partial charge in [0.05, 0.1) is 29.8 Å². The quantitative estimate of drug-likeness (QED) is 0.786. The second kappa shape index (κ2) is 5.31. The van der Waals surface area contributed by atoms with Crippen molar-refractivity contribution in [2.75, 3.05) is 0 Å². The van der Waals surface area contributed by atoms with E-state index in [4.69, 9.17) is 5.11 Å². The summed E-state index contributed by atoms with van der Waals surface area (Å²) >= 11 is 0. The Bertz CT molecular complexity index is 977. The maximum Gasteiger partial charge on any atom is 0.358 e. The molecule has 1 aliphatic carbocycles. The Hall–Kier alpha value is -3.47. The maximum atomic E-state index is 10.9. The second-order valence-corrected chi connectivity index (χ2v) is 5.66. The van der Waals surface area contributed by atoms with Crippen LogP contribution in [-0.4, -0.2) is 35.9 Å². The van der Waals surface area contributed by atoms with Crippen LogP contribution in [0.3, 0.4) is 0 Å². The largest absolute Gasteiger partial charge is 0.476 e. The summed E-state index contributed by atoms with van der Waals surface area (Å²) in [6.07, 6.45) is 6.87. The average molecular weight is 320 g/mol. The number of aromatic carboxylic acids is 1.